The summed E-state index contributed by atoms with van der Waals surface area (Å²) in [6, 6.07) is 6.36. The summed E-state index contributed by atoms with van der Waals surface area (Å²) in [5.74, 6) is -11.1. The molecule has 2 heterocycles. The number of methoxy groups -OCH3 is 2. The van der Waals surface area contributed by atoms with Crippen molar-refractivity contribution >= 4 is 69.1 Å². The molecule has 23 nitrogen and oxygen atoms in total. The van der Waals surface area contributed by atoms with E-state index in [2.05, 4.69) is 0 Å². The smallest absolute Gasteiger partial charge is 0.301 e. The SMILES string of the molecule is COc1cc(C2C3=CCC4C(=O)N(c5cc([N+](=O)[O-])c(N(C)C)c([N+](=O)[O-])c5)C(=O)C4C3CC3C(=O)N(c4cc([N+](=O)[O-])c(N(C)C)c([N+](=O)[O-])c4)C(=O)C32)cc(OC)c1O. The van der Waals surface area contributed by atoms with Crippen molar-refractivity contribution in [3.63, 3.8) is 0 Å². The summed E-state index contributed by atoms with van der Waals surface area (Å²) in [4.78, 5) is 107. The second kappa shape index (κ2) is 14.8. The summed E-state index contributed by atoms with van der Waals surface area (Å²) in [6.07, 6.45) is 1.30. The van der Waals surface area contributed by atoms with Gasteiger partial charge >= 0.3 is 22.7 Å². The number of nitro groups is 4. The van der Waals surface area contributed by atoms with Gasteiger partial charge in [0.2, 0.25) is 29.4 Å². The number of hydrogen-bond donors (Lipinski definition) is 1. The van der Waals surface area contributed by atoms with Crippen molar-refractivity contribution in [2.24, 2.45) is 29.6 Å². The Balaban J connectivity index is 1.40. The number of allylic oxidation sites excluding steroid dienone is 2. The van der Waals surface area contributed by atoms with Crippen LogP contribution >= 0.6 is 0 Å². The van der Waals surface area contributed by atoms with Gasteiger partial charge in [0, 0.05) is 58.4 Å². The third-order valence-corrected chi connectivity index (χ3v) is 11.8. The van der Waals surface area contributed by atoms with Crippen LogP contribution in [0, 0.1) is 70.0 Å². The molecule has 6 unspecified atom stereocenters. The number of benzene rings is 3. The highest BCUT2D eigenvalue weighted by Gasteiger charge is 2.63. The standard InChI is InChI=1S/C38H36N8O15/c1-39(2)32-23(43(52)53)11-17(12-24(32)44(54)55)41-35(48)20-8-7-19-21(30(20)37(41)50)15-22-31(29(19)16-9-27(60-5)34(47)28(10-16)61-6)38(51)42(36(22)49)18-13-25(45(56)57)33(40(3)4)26(14-18)46(58)59/h7,9-14,20-22,29-31,47H,8,15H2,1-6H3. The maximum absolute atomic E-state index is 14.8. The van der Waals surface area contributed by atoms with Gasteiger partial charge in [-0.05, 0) is 36.5 Å². The van der Waals surface area contributed by atoms with Crippen LogP contribution in [0.2, 0.25) is 0 Å². The zero-order chi connectivity index (χ0) is 44.7. The first kappa shape index (κ1) is 41.4. The van der Waals surface area contributed by atoms with E-state index in [9.17, 15) is 64.7 Å². The molecule has 2 saturated heterocycles. The Labute approximate surface area is 343 Å². The molecule has 3 aromatic rings. The van der Waals surface area contributed by atoms with Crippen LogP contribution in [0.5, 0.6) is 17.2 Å². The predicted octanol–water partition coefficient (Wildman–Crippen LogP) is 4.22. The molecule has 1 saturated carbocycles. The van der Waals surface area contributed by atoms with E-state index in [-0.39, 0.29) is 41.3 Å². The number of carbonyl (C=O) groups excluding carboxylic acids is 4. The molecule has 0 bridgehead atoms. The molecule has 2 aliphatic heterocycles. The Hall–Kier alpha value is -7.72. The van der Waals surface area contributed by atoms with E-state index in [1.165, 1.54) is 54.5 Å². The Morgan fingerprint density at radius 1 is 0.607 bits per heavy atom. The molecular weight excluding hydrogens is 808 g/mol. The first-order valence-corrected chi connectivity index (χ1v) is 18.4. The zero-order valence-electron chi connectivity index (χ0n) is 33.2. The molecule has 0 aromatic heterocycles. The first-order valence-electron chi connectivity index (χ1n) is 18.4. The van der Waals surface area contributed by atoms with Gasteiger partial charge in [0.15, 0.2) is 22.9 Å². The maximum atomic E-state index is 14.8. The first-order chi connectivity index (χ1) is 28.7. The number of nitro benzene ring substituents is 4. The van der Waals surface area contributed by atoms with Gasteiger partial charge in [0.1, 0.15) is 0 Å². The van der Waals surface area contributed by atoms with Gasteiger partial charge < -0.3 is 24.4 Å². The Bertz CT molecular complexity index is 2460. The number of fused-ring (bicyclic) bond motifs is 4. The summed E-state index contributed by atoms with van der Waals surface area (Å²) in [5.41, 5.74) is -3.96. The zero-order valence-corrected chi connectivity index (χ0v) is 33.2. The van der Waals surface area contributed by atoms with Crippen LogP contribution in [0.4, 0.5) is 45.5 Å². The van der Waals surface area contributed by atoms with Crippen molar-refractivity contribution < 1.29 is 53.5 Å². The quantitative estimate of drug-likeness (QED) is 0.122. The van der Waals surface area contributed by atoms with Crippen LogP contribution in [0.3, 0.4) is 0 Å². The highest BCUT2D eigenvalue weighted by Crippen LogP contribution is 2.60. The van der Waals surface area contributed by atoms with Crippen molar-refractivity contribution in [3.8, 4) is 17.2 Å². The minimum Gasteiger partial charge on any atom is -0.502 e. The number of imide groups is 2. The normalized spacial score (nSPS) is 22.9. The van der Waals surface area contributed by atoms with Crippen LogP contribution in [-0.4, -0.2) is 90.8 Å². The van der Waals surface area contributed by atoms with Crippen molar-refractivity contribution in [1.82, 2.24) is 0 Å². The summed E-state index contributed by atoms with van der Waals surface area (Å²) < 4.78 is 10.8. The summed E-state index contributed by atoms with van der Waals surface area (Å²) in [7, 11) is 7.92. The largest absolute Gasteiger partial charge is 0.502 e. The number of hydrogen-bond acceptors (Lipinski definition) is 17. The van der Waals surface area contributed by atoms with E-state index in [0.29, 0.717) is 15.4 Å². The number of rotatable bonds is 11. The second-order valence-electron chi connectivity index (χ2n) is 15.3. The van der Waals surface area contributed by atoms with Crippen LogP contribution in [0.15, 0.2) is 48.0 Å². The number of phenols is 1. The van der Waals surface area contributed by atoms with Gasteiger partial charge in [-0.25, -0.2) is 9.80 Å². The molecule has 61 heavy (non-hydrogen) atoms. The van der Waals surface area contributed by atoms with Gasteiger partial charge in [-0.1, -0.05) is 11.6 Å². The Kier molecular flexibility index (Phi) is 10.1. The van der Waals surface area contributed by atoms with E-state index >= 15 is 0 Å². The lowest BCUT2D eigenvalue weighted by molar-refractivity contribution is -0.392. The number of aromatic hydroxyl groups is 1. The summed E-state index contributed by atoms with van der Waals surface area (Å²) >= 11 is 0. The van der Waals surface area contributed by atoms with Crippen molar-refractivity contribution in [2.75, 3.05) is 62.0 Å². The van der Waals surface area contributed by atoms with Crippen LogP contribution in [0.1, 0.15) is 24.3 Å². The van der Waals surface area contributed by atoms with Crippen LogP contribution < -0.4 is 29.1 Å². The van der Waals surface area contributed by atoms with Gasteiger partial charge in [-0.2, -0.15) is 0 Å². The third kappa shape index (κ3) is 6.26. The topological polar surface area (TPSA) is 292 Å². The molecule has 0 spiro atoms. The fourth-order valence-corrected chi connectivity index (χ4v) is 9.48. The fourth-order valence-electron chi connectivity index (χ4n) is 9.48. The van der Waals surface area contributed by atoms with E-state index in [1.807, 2.05) is 0 Å². The predicted molar refractivity (Wildman–Crippen MR) is 212 cm³/mol. The number of amides is 4. The lowest BCUT2D eigenvalue weighted by atomic mass is 9.57. The molecule has 1 N–H and O–H groups in total. The molecule has 7 rings (SSSR count). The maximum Gasteiger partial charge on any atom is 0.301 e. The average Bonchev–Trinajstić information content (AvgIpc) is 3.61. The lowest BCUT2D eigenvalue weighted by Gasteiger charge is -2.44. The van der Waals surface area contributed by atoms with E-state index < -0.39 is 119 Å². The fraction of sp³-hybridized carbons (Fsp3) is 0.368. The van der Waals surface area contributed by atoms with Gasteiger partial charge in [0.05, 0.1) is 69.0 Å². The lowest BCUT2D eigenvalue weighted by Crippen LogP contribution is -2.43. The van der Waals surface area contributed by atoms with Gasteiger partial charge in [0.25, 0.3) is 0 Å². The van der Waals surface area contributed by atoms with Gasteiger partial charge in [-0.3, -0.25) is 59.6 Å². The molecule has 4 amide bonds. The summed E-state index contributed by atoms with van der Waals surface area (Å²) in [6.45, 7) is 0. The third-order valence-electron chi connectivity index (χ3n) is 11.8. The van der Waals surface area contributed by atoms with E-state index in [0.717, 1.165) is 34.1 Å². The molecule has 6 atom stereocenters. The van der Waals surface area contributed by atoms with Crippen molar-refractivity contribution in [1.29, 1.82) is 0 Å². The molecule has 2 aliphatic carbocycles. The number of ether oxygens (including phenoxy) is 2. The van der Waals surface area contributed by atoms with E-state index in [4.69, 9.17) is 9.47 Å². The molecule has 0 radical (unpaired) electrons. The number of carbonyl (C=O) groups is 4. The second-order valence-corrected chi connectivity index (χ2v) is 15.3. The molecular formula is C38H36N8O15. The van der Waals surface area contributed by atoms with Crippen LogP contribution in [-0.2, 0) is 19.2 Å². The highest BCUT2D eigenvalue weighted by molar-refractivity contribution is 6.24. The molecule has 318 valence electrons. The molecule has 3 aromatic carbocycles. The highest BCUT2D eigenvalue weighted by atomic mass is 16.6. The summed E-state index contributed by atoms with van der Waals surface area (Å²) in [5, 5.41) is 59.7. The Morgan fingerprint density at radius 2 is 1.00 bits per heavy atom. The number of nitrogens with zero attached hydrogens (tertiary/aromatic N) is 8. The number of anilines is 4. The minimum atomic E-state index is -1.30. The Morgan fingerprint density at radius 3 is 1.38 bits per heavy atom. The average molecular weight is 845 g/mol. The van der Waals surface area contributed by atoms with Crippen LogP contribution in [0.25, 0.3) is 0 Å². The molecule has 3 fully saturated rings. The number of phenolic OH excluding ortho intramolecular Hbond substituents is 1. The monoisotopic (exact) mass is 844 g/mol. The van der Waals surface area contributed by atoms with Crippen molar-refractivity contribution in [2.45, 2.75) is 18.8 Å². The minimum absolute atomic E-state index is 0.0934. The van der Waals surface area contributed by atoms with Gasteiger partial charge in [-0.15, -0.1) is 0 Å². The van der Waals surface area contributed by atoms with Crippen molar-refractivity contribution in [3.05, 3.63) is 94.1 Å². The molecule has 23 heteroatoms. The molecule has 4 aliphatic rings. The van der Waals surface area contributed by atoms with E-state index in [1.54, 1.807) is 6.08 Å².